The van der Waals surface area contributed by atoms with E-state index in [1.54, 1.807) is 6.20 Å². The van der Waals surface area contributed by atoms with Crippen LogP contribution in [0.4, 0.5) is 0 Å². The van der Waals surface area contributed by atoms with Gasteiger partial charge in [-0.15, -0.1) is 11.8 Å². The Morgan fingerprint density at radius 2 is 1.90 bits per heavy atom. The fourth-order valence-corrected chi connectivity index (χ4v) is 4.19. The number of thioether (sulfide) groups is 1. The van der Waals surface area contributed by atoms with Gasteiger partial charge in [0, 0.05) is 36.2 Å². The third kappa shape index (κ3) is 4.73. The average Bonchev–Trinajstić information content (AvgIpc) is 3.07. The van der Waals surface area contributed by atoms with E-state index < -0.39 is 0 Å². The summed E-state index contributed by atoms with van der Waals surface area (Å²) in [5.74, 6) is 1.16. The van der Waals surface area contributed by atoms with E-state index in [0.29, 0.717) is 6.42 Å². The van der Waals surface area contributed by atoms with Gasteiger partial charge in [-0.1, -0.05) is 38.2 Å². The highest BCUT2D eigenvalue weighted by Gasteiger charge is 2.31. The van der Waals surface area contributed by atoms with Gasteiger partial charge in [0.15, 0.2) is 0 Å². The zero-order valence-electron chi connectivity index (χ0n) is 13.1. The van der Waals surface area contributed by atoms with Gasteiger partial charge in [-0.3, -0.25) is 9.78 Å². The molecule has 21 heavy (non-hydrogen) atoms. The Bertz CT molecular complexity index is 424. The topological polar surface area (TPSA) is 33.2 Å². The quantitative estimate of drug-likeness (QED) is 0.811. The fourth-order valence-electron chi connectivity index (χ4n) is 2.82. The number of aromatic nitrogens is 1. The van der Waals surface area contributed by atoms with Crippen molar-refractivity contribution in [1.29, 1.82) is 0 Å². The van der Waals surface area contributed by atoms with Crippen molar-refractivity contribution in [2.45, 2.75) is 63.8 Å². The van der Waals surface area contributed by atoms with Crippen LogP contribution in [-0.2, 0) is 4.79 Å². The van der Waals surface area contributed by atoms with Crippen molar-refractivity contribution in [2.75, 3.05) is 5.75 Å². The summed E-state index contributed by atoms with van der Waals surface area (Å²) in [6.45, 7) is 4.13. The highest BCUT2D eigenvalue weighted by molar-refractivity contribution is 7.99. The summed E-state index contributed by atoms with van der Waals surface area (Å²) >= 11 is 1.82. The Labute approximate surface area is 132 Å². The average molecular weight is 306 g/mol. The van der Waals surface area contributed by atoms with Gasteiger partial charge in [0.25, 0.3) is 0 Å². The molecular weight excluding hydrogens is 280 g/mol. The number of pyridine rings is 1. The summed E-state index contributed by atoms with van der Waals surface area (Å²) < 4.78 is 0. The molecule has 1 aromatic heterocycles. The SMILES string of the molecule is C1CCCC1.CC(C)N1C(=O)CCSC1c1cccnc1. The molecule has 4 heteroatoms. The Hall–Kier alpha value is -1.03. The monoisotopic (exact) mass is 306 g/mol. The number of hydrogen-bond donors (Lipinski definition) is 0. The molecule has 2 heterocycles. The lowest BCUT2D eigenvalue weighted by Gasteiger charge is -2.38. The lowest BCUT2D eigenvalue weighted by molar-refractivity contribution is -0.133. The summed E-state index contributed by atoms with van der Waals surface area (Å²) in [6, 6.07) is 4.21. The number of amides is 1. The lowest BCUT2D eigenvalue weighted by atomic mass is 10.2. The van der Waals surface area contributed by atoms with Crippen LogP contribution >= 0.6 is 11.8 Å². The molecule has 2 fully saturated rings. The van der Waals surface area contributed by atoms with Gasteiger partial charge in [-0.05, 0) is 19.9 Å². The number of nitrogens with zero attached hydrogens (tertiary/aromatic N) is 2. The molecule has 1 aromatic rings. The first-order valence-corrected chi connectivity index (χ1v) is 9.07. The molecule has 1 amide bonds. The van der Waals surface area contributed by atoms with E-state index in [0.717, 1.165) is 11.3 Å². The van der Waals surface area contributed by atoms with Crippen LogP contribution in [-0.4, -0.2) is 27.6 Å². The Morgan fingerprint density at radius 3 is 2.43 bits per heavy atom. The molecule has 116 valence electrons. The van der Waals surface area contributed by atoms with Crippen molar-refractivity contribution < 1.29 is 4.79 Å². The van der Waals surface area contributed by atoms with E-state index in [-0.39, 0.29) is 17.3 Å². The molecule has 1 atom stereocenters. The Balaban J connectivity index is 0.000000272. The maximum atomic E-state index is 11.9. The van der Waals surface area contributed by atoms with E-state index in [9.17, 15) is 4.79 Å². The van der Waals surface area contributed by atoms with E-state index in [1.807, 2.05) is 35.0 Å². The van der Waals surface area contributed by atoms with E-state index in [1.165, 1.54) is 32.1 Å². The number of hydrogen-bond acceptors (Lipinski definition) is 3. The molecule has 0 aromatic carbocycles. The zero-order valence-corrected chi connectivity index (χ0v) is 13.9. The molecule has 1 aliphatic heterocycles. The molecule has 0 bridgehead atoms. The van der Waals surface area contributed by atoms with E-state index in [4.69, 9.17) is 0 Å². The van der Waals surface area contributed by atoms with Crippen LogP contribution in [0, 0.1) is 0 Å². The van der Waals surface area contributed by atoms with Gasteiger partial charge in [0.1, 0.15) is 5.37 Å². The van der Waals surface area contributed by atoms with Crippen molar-refractivity contribution in [1.82, 2.24) is 9.88 Å². The highest BCUT2D eigenvalue weighted by Crippen LogP contribution is 2.38. The number of carbonyl (C=O) groups is 1. The zero-order chi connectivity index (χ0) is 15.1. The predicted molar refractivity (Wildman–Crippen MR) is 89.1 cm³/mol. The third-order valence-electron chi connectivity index (χ3n) is 3.91. The van der Waals surface area contributed by atoms with Gasteiger partial charge in [0.2, 0.25) is 5.91 Å². The van der Waals surface area contributed by atoms with Gasteiger partial charge in [-0.2, -0.15) is 0 Å². The summed E-state index contributed by atoms with van der Waals surface area (Å²) in [5.41, 5.74) is 1.12. The molecule has 1 saturated carbocycles. The van der Waals surface area contributed by atoms with Crippen molar-refractivity contribution in [3.8, 4) is 0 Å². The van der Waals surface area contributed by atoms with Gasteiger partial charge in [-0.25, -0.2) is 0 Å². The summed E-state index contributed by atoms with van der Waals surface area (Å²) in [6.07, 6.45) is 11.8. The van der Waals surface area contributed by atoms with Gasteiger partial charge >= 0.3 is 0 Å². The van der Waals surface area contributed by atoms with Crippen LogP contribution < -0.4 is 0 Å². The molecule has 3 nitrogen and oxygen atoms in total. The predicted octanol–water partition coefficient (Wildman–Crippen LogP) is 4.40. The fraction of sp³-hybridized carbons (Fsp3) is 0.647. The lowest BCUT2D eigenvalue weighted by Crippen LogP contribution is -2.41. The first-order valence-electron chi connectivity index (χ1n) is 8.03. The van der Waals surface area contributed by atoms with Crippen LogP contribution in [0.3, 0.4) is 0 Å². The summed E-state index contributed by atoms with van der Waals surface area (Å²) in [4.78, 5) is 18.0. The first kappa shape index (κ1) is 16.3. The standard InChI is InChI=1S/C12H16N2OS.C5H10/c1-9(2)14-11(15)5-7-16-12(14)10-4-3-6-13-8-10;1-2-4-5-3-1/h3-4,6,8-9,12H,5,7H2,1-2H3;1-5H2. The second kappa shape index (κ2) is 8.42. The van der Waals surface area contributed by atoms with Crippen LogP contribution in [0.15, 0.2) is 24.5 Å². The summed E-state index contributed by atoms with van der Waals surface area (Å²) in [5, 5.41) is 0.134. The summed E-state index contributed by atoms with van der Waals surface area (Å²) in [7, 11) is 0. The second-order valence-electron chi connectivity index (χ2n) is 5.92. The minimum absolute atomic E-state index is 0.134. The van der Waals surface area contributed by atoms with Crippen LogP contribution in [0.5, 0.6) is 0 Å². The van der Waals surface area contributed by atoms with Crippen LogP contribution in [0.25, 0.3) is 0 Å². The van der Waals surface area contributed by atoms with Crippen molar-refractivity contribution in [3.63, 3.8) is 0 Å². The minimum atomic E-state index is 0.134. The van der Waals surface area contributed by atoms with E-state index in [2.05, 4.69) is 18.8 Å². The molecule has 1 saturated heterocycles. The molecule has 0 radical (unpaired) electrons. The number of carbonyl (C=O) groups excluding carboxylic acids is 1. The van der Waals surface area contributed by atoms with Crippen LogP contribution in [0.1, 0.15) is 63.3 Å². The second-order valence-corrected chi connectivity index (χ2v) is 7.11. The molecule has 3 rings (SSSR count). The van der Waals surface area contributed by atoms with Crippen LogP contribution in [0.2, 0.25) is 0 Å². The van der Waals surface area contributed by atoms with Crippen molar-refractivity contribution in [3.05, 3.63) is 30.1 Å². The maximum Gasteiger partial charge on any atom is 0.224 e. The highest BCUT2D eigenvalue weighted by atomic mass is 32.2. The first-order chi connectivity index (χ1) is 10.2. The van der Waals surface area contributed by atoms with Crippen molar-refractivity contribution in [2.24, 2.45) is 0 Å². The largest absolute Gasteiger partial charge is 0.324 e. The Morgan fingerprint density at radius 1 is 1.24 bits per heavy atom. The molecule has 0 spiro atoms. The molecule has 1 unspecified atom stereocenters. The molecular formula is C17H26N2OS. The van der Waals surface area contributed by atoms with Crippen molar-refractivity contribution >= 4 is 17.7 Å². The normalized spacial score (nSPS) is 22.1. The third-order valence-corrected chi connectivity index (χ3v) is 5.16. The maximum absolute atomic E-state index is 11.9. The Kier molecular flexibility index (Phi) is 6.55. The van der Waals surface area contributed by atoms with E-state index >= 15 is 0 Å². The molecule has 0 N–H and O–H groups in total. The van der Waals surface area contributed by atoms with Gasteiger partial charge < -0.3 is 4.90 Å². The number of rotatable bonds is 2. The molecule has 1 aliphatic carbocycles. The minimum Gasteiger partial charge on any atom is -0.324 e. The molecule has 2 aliphatic rings. The van der Waals surface area contributed by atoms with Gasteiger partial charge in [0.05, 0.1) is 0 Å². The smallest absolute Gasteiger partial charge is 0.224 e.